The molecule has 0 spiro atoms. The Morgan fingerprint density at radius 2 is 0.875 bits per heavy atom. The predicted molar refractivity (Wildman–Crippen MR) is 138 cm³/mol. The Balaban J connectivity index is 3.64. The molecular formula is C27H58N2O3. The Labute approximate surface area is 200 Å². The maximum atomic E-state index is 9.43. The Morgan fingerprint density at radius 3 is 1.25 bits per heavy atom. The molecule has 3 N–H and O–H groups in total. The van der Waals surface area contributed by atoms with E-state index in [4.69, 9.17) is 0 Å². The molecule has 0 heterocycles. The molecule has 0 rings (SSSR count). The van der Waals surface area contributed by atoms with Crippen molar-refractivity contribution in [2.24, 2.45) is 0 Å². The second kappa shape index (κ2) is 25.4. The number of aliphatic hydroxyl groups is 3. The topological polar surface area (TPSA) is 67.2 Å². The van der Waals surface area contributed by atoms with Crippen molar-refractivity contribution in [2.75, 3.05) is 52.5 Å². The zero-order valence-electron chi connectivity index (χ0n) is 21.8. The summed E-state index contributed by atoms with van der Waals surface area (Å²) >= 11 is 0. The van der Waals surface area contributed by atoms with Gasteiger partial charge in [-0.25, -0.2) is 0 Å². The van der Waals surface area contributed by atoms with E-state index in [-0.39, 0.29) is 19.8 Å². The van der Waals surface area contributed by atoms with E-state index in [2.05, 4.69) is 23.6 Å². The smallest absolute Gasteiger partial charge is 0.0558 e. The zero-order chi connectivity index (χ0) is 23.7. The van der Waals surface area contributed by atoms with Gasteiger partial charge in [-0.05, 0) is 19.9 Å². The normalized spacial score (nSPS) is 12.8. The van der Waals surface area contributed by atoms with Crippen molar-refractivity contribution in [3.8, 4) is 0 Å². The average Bonchev–Trinajstić information content (AvgIpc) is 2.78. The molecule has 32 heavy (non-hydrogen) atoms. The molecule has 0 aromatic heterocycles. The predicted octanol–water partition coefficient (Wildman–Crippen LogP) is 5.22. The number of nitrogens with zero attached hydrogens (tertiary/aromatic N) is 2. The molecule has 0 amide bonds. The number of unbranched alkanes of at least 4 members (excludes halogenated alkanes) is 15. The van der Waals surface area contributed by atoms with Crippen LogP contribution in [-0.2, 0) is 0 Å². The fourth-order valence-corrected chi connectivity index (χ4v) is 4.61. The minimum atomic E-state index is 0.117. The minimum Gasteiger partial charge on any atom is -0.395 e. The summed E-state index contributed by atoms with van der Waals surface area (Å²) in [5.74, 6) is 0. The molecule has 0 fully saturated rings. The fourth-order valence-electron chi connectivity index (χ4n) is 4.61. The summed E-state index contributed by atoms with van der Waals surface area (Å²) in [5, 5.41) is 27.8. The van der Waals surface area contributed by atoms with Gasteiger partial charge in [0, 0.05) is 32.2 Å². The minimum absolute atomic E-state index is 0.117. The maximum absolute atomic E-state index is 9.43. The number of aliphatic hydroxyl groups excluding tert-OH is 3. The molecule has 0 aromatic rings. The lowest BCUT2D eigenvalue weighted by molar-refractivity contribution is 0.0992. The van der Waals surface area contributed by atoms with E-state index in [0.29, 0.717) is 25.7 Å². The largest absolute Gasteiger partial charge is 0.395 e. The van der Waals surface area contributed by atoms with Gasteiger partial charge < -0.3 is 15.3 Å². The van der Waals surface area contributed by atoms with Crippen LogP contribution in [0.3, 0.4) is 0 Å². The van der Waals surface area contributed by atoms with Gasteiger partial charge in [0.25, 0.3) is 0 Å². The maximum Gasteiger partial charge on any atom is 0.0558 e. The summed E-state index contributed by atoms with van der Waals surface area (Å²) < 4.78 is 0. The number of rotatable bonds is 26. The Bertz CT molecular complexity index is 352. The van der Waals surface area contributed by atoms with Gasteiger partial charge in [-0.2, -0.15) is 0 Å². The summed E-state index contributed by atoms with van der Waals surface area (Å²) in [6.45, 7) is 8.61. The molecule has 0 aliphatic carbocycles. The Morgan fingerprint density at radius 1 is 0.500 bits per heavy atom. The highest BCUT2D eigenvalue weighted by Gasteiger charge is 2.16. The van der Waals surface area contributed by atoms with Gasteiger partial charge in [-0.3, -0.25) is 9.80 Å². The SMILES string of the molecule is CCCCCCCCCCCCCCCCCCN(CCO)C(C)CN(CCO)CCO. The van der Waals surface area contributed by atoms with Gasteiger partial charge >= 0.3 is 0 Å². The van der Waals surface area contributed by atoms with Crippen LogP contribution in [0.4, 0.5) is 0 Å². The summed E-state index contributed by atoms with van der Waals surface area (Å²) in [5.41, 5.74) is 0. The molecule has 0 aromatic carbocycles. The molecule has 194 valence electrons. The fraction of sp³-hybridized carbons (Fsp3) is 1.00. The van der Waals surface area contributed by atoms with Crippen molar-refractivity contribution < 1.29 is 15.3 Å². The highest BCUT2D eigenvalue weighted by atomic mass is 16.3. The highest BCUT2D eigenvalue weighted by Crippen LogP contribution is 2.14. The van der Waals surface area contributed by atoms with Crippen LogP contribution in [0.1, 0.15) is 117 Å². The van der Waals surface area contributed by atoms with Crippen molar-refractivity contribution in [3.05, 3.63) is 0 Å². The van der Waals surface area contributed by atoms with E-state index in [1.54, 1.807) is 0 Å². The van der Waals surface area contributed by atoms with E-state index >= 15 is 0 Å². The third-order valence-electron chi connectivity index (χ3n) is 6.66. The van der Waals surface area contributed by atoms with Crippen LogP contribution in [0.25, 0.3) is 0 Å². The van der Waals surface area contributed by atoms with E-state index in [1.165, 1.54) is 103 Å². The van der Waals surface area contributed by atoms with Gasteiger partial charge in [0.15, 0.2) is 0 Å². The lowest BCUT2D eigenvalue weighted by Crippen LogP contribution is -2.45. The molecule has 5 nitrogen and oxygen atoms in total. The molecule has 0 aliphatic heterocycles. The zero-order valence-corrected chi connectivity index (χ0v) is 21.8. The molecule has 1 atom stereocenters. The van der Waals surface area contributed by atoms with Crippen LogP contribution < -0.4 is 0 Å². The second-order valence-electron chi connectivity index (χ2n) is 9.66. The summed E-state index contributed by atoms with van der Waals surface area (Å²) in [4.78, 5) is 4.45. The Hall–Kier alpha value is -0.200. The van der Waals surface area contributed by atoms with Crippen LogP contribution >= 0.6 is 0 Å². The highest BCUT2D eigenvalue weighted by molar-refractivity contribution is 4.72. The van der Waals surface area contributed by atoms with Crippen molar-refractivity contribution in [2.45, 2.75) is 123 Å². The molecule has 1 unspecified atom stereocenters. The first-order valence-corrected chi connectivity index (χ1v) is 14.0. The van der Waals surface area contributed by atoms with Gasteiger partial charge in [0.2, 0.25) is 0 Å². The van der Waals surface area contributed by atoms with Crippen LogP contribution in [0.5, 0.6) is 0 Å². The lowest BCUT2D eigenvalue weighted by Gasteiger charge is -2.32. The van der Waals surface area contributed by atoms with E-state index < -0.39 is 0 Å². The molecular weight excluding hydrogens is 400 g/mol. The standard InChI is InChI=1S/C27H58N2O3/c1-3-4-5-6-7-8-9-10-11-12-13-14-15-16-17-18-19-29(22-25-32)27(2)26-28(20-23-30)21-24-31/h27,30-32H,3-26H2,1-2H3. The van der Waals surface area contributed by atoms with Gasteiger partial charge in [0.05, 0.1) is 19.8 Å². The lowest BCUT2D eigenvalue weighted by atomic mass is 10.0. The molecule has 0 aliphatic rings. The van der Waals surface area contributed by atoms with Crippen LogP contribution in [-0.4, -0.2) is 83.7 Å². The summed E-state index contributed by atoms with van der Waals surface area (Å²) in [6.07, 6.45) is 22.1. The van der Waals surface area contributed by atoms with Gasteiger partial charge in [-0.1, -0.05) is 103 Å². The van der Waals surface area contributed by atoms with Crippen molar-refractivity contribution >= 4 is 0 Å². The molecule has 0 saturated heterocycles. The number of hydrogen-bond acceptors (Lipinski definition) is 5. The first-order valence-electron chi connectivity index (χ1n) is 14.0. The molecule has 5 heteroatoms. The van der Waals surface area contributed by atoms with E-state index in [0.717, 1.165) is 13.1 Å². The van der Waals surface area contributed by atoms with Crippen LogP contribution in [0.2, 0.25) is 0 Å². The van der Waals surface area contributed by atoms with Gasteiger partial charge in [0.1, 0.15) is 0 Å². The number of hydrogen-bond donors (Lipinski definition) is 3. The van der Waals surface area contributed by atoms with Gasteiger partial charge in [-0.15, -0.1) is 0 Å². The summed E-state index contributed by atoms with van der Waals surface area (Å²) in [6, 6.07) is 0.316. The quantitative estimate of drug-likeness (QED) is 0.155. The monoisotopic (exact) mass is 458 g/mol. The average molecular weight is 459 g/mol. The van der Waals surface area contributed by atoms with Crippen LogP contribution in [0, 0.1) is 0 Å². The van der Waals surface area contributed by atoms with E-state index in [1.807, 2.05) is 0 Å². The molecule has 0 radical (unpaired) electrons. The first-order chi connectivity index (χ1) is 15.7. The third-order valence-corrected chi connectivity index (χ3v) is 6.66. The van der Waals surface area contributed by atoms with Crippen molar-refractivity contribution in [3.63, 3.8) is 0 Å². The Kier molecular flexibility index (Phi) is 25.3. The molecule has 0 saturated carbocycles. The van der Waals surface area contributed by atoms with Crippen molar-refractivity contribution in [1.82, 2.24) is 9.80 Å². The molecule has 0 bridgehead atoms. The van der Waals surface area contributed by atoms with Crippen LogP contribution in [0.15, 0.2) is 0 Å². The summed E-state index contributed by atoms with van der Waals surface area (Å²) in [7, 11) is 0. The van der Waals surface area contributed by atoms with Crippen molar-refractivity contribution in [1.29, 1.82) is 0 Å². The second-order valence-corrected chi connectivity index (χ2v) is 9.66. The van der Waals surface area contributed by atoms with E-state index in [9.17, 15) is 15.3 Å². The first kappa shape index (κ1) is 31.8. The third kappa shape index (κ3) is 20.4.